The number of aromatic nitrogens is 2. The molecule has 5 heteroatoms. The van der Waals surface area contributed by atoms with Crippen molar-refractivity contribution in [1.29, 1.82) is 0 Å². The summed E-state index contributed by atoms with van der Waals surface area (Å²) in [5.74, 6) is 1.42. The smallest absolute Gasteiger partial charge is 0.229 e. The minimum atomic E-state index is 0.342. The first-order valence-electron chi connectivity index (χ1n) is 6.19. The molecule has 2 N–H and O–H groups in total. The number of hydrogen-bond donors (Lipinski definition) is 1. The van der Waals surface area contributed by atoms with Gasteiger partial charge in [-0.05, 0) is 25.7 Å². The monoisotopic (exact) mass is 234 g/mol. The number of ether oxygens (including phenoxy) is 1. The first-order chi connectivity index (χ1) is 8.28. The van der Waals surface area contributed by atoms with Gasteiger partial charge in [-0.15, -0.1) is 0 Å². The van der Waals surface area contributed by atoms with Gasteiger partial charge in [0.25, 0.3) is 0 Å². The number of piperidine rings is 1. The fraction of sp³-hybridized carbons (Fsp3) is 0.667. The molecule has 3 rings (SSSR count). The quantitative estimate of drug-likeness (QED) is 0.825. The van der Waals surface area contributed by atoms with Gasteiger partial charge < -0.3 is 15.4 Å². The van der Waals surface area contributed by atoms with Gasteiger partial charge in [-0.25, -0.2) is 4.98 Å². The molecule has 2 saturated heterocycles. The van der Waals surface area contributed by atoms with Gasteiger partial charge in [0.05, 0.1) is 7.11 Å². The number of anilines is 1. The second-order valence-electron chi connectivity index (χ2n) is 4.92. The molecule has 0 aromatic carbocycles. The van der Waals surface area contributed by atoms with E-state index >= 15 is 0 Å². The fourth-order valence-electron chi connectivity index (χ4n) is 3.12. The Bertz CT molecular complexity index is 397. The minimum Gasteiger partial charge on any atom is -0.481 e. The molecule has 2 bridgehead atoms. The van der Waals surface area contributed by atoms with Crippen LogP contribution >= 0.6 is 0 Å². The van der Waals surface area contributed by atoms with E-state index in [2.05, 4.69) is 14.9 Å². The average molecular weight is 234 g/mol. The molecule has 1 aromatic heterocycles. The van der Waals surface area contributed by atoms with Crippen LogP contribution in [0.4, 0.5) is 5.95 Å². The highest BCUT2D eigenvalue weighted by atomic mass is 16.5. The molecular formula is C12H18N4O. The lowest BCUT2D eigenvalue weighted by Crippen LogP contribution is -2.48. The molecule has 3 heterocycles. The first kappa shape index (κ1) is 10.8. The van der Waals surface area contributed by atoms with Crippen LogP contribution < -0.4 is 15.4 Å². The summed E-state index contributed by atoms with van der Waals surface area (Å²) in [4.78, 5) is 11.1. The highest BCUT2D eigenvalue weighted by Gasteiger charge is 2.40. The Kier molecular flexibility index (Phi) is 2.63. The van der Waals surface area contributed by atoms with Crippen LogP contribution in [0.25, 0.3) is 0 Å². The van der Waals surface area contributed by atoms with Gasteiger partial charge in [-0.1, -0.05) is 0 Å². The first-order valence-corrected chi connectivity index (χ1v) is 6.19. The Morgan fingerprint density at radius 3 is 2.71 bits per heavy atom. The summed E-state index contributed by atoms with van der Waals surface area (Å²) in [6, 6.07) is 3.14. The maximum atomic E-state index is 6.06. The molecule has 0 saturated carbocycles. The van der Waals surface area contributed by atoms with Gasteiger partial charge in [0.15, 0.2) is 0 Å². The number of methoxy groups -OCH3 is 1. The number of nitrogens with zero attached hydrogens (tertiary/aromatic N) is 3. The second-order valence-corrected chi connectivity index (χ2v) is 4.92. The molecule has 17 heavy (non-hydrogen) atoms. The van der Waals surface area contributed by atoms with Crippen molar-refractivity contribution in [2.24, 2.45) is 5.73 Å². The predicted molar refractivity (Wildman–Crippen MR) is 65.1 cm³/mol. The van der Waals surface area contributed by atoms with Crippen LogP contribution in [0.3, 0.4) is 0 Å². The Labute approximate surface area is 101 Å². The van der Waals surface area contributed by atoms with Crippen LogP contribution in [0.2, 0.25) is 0 Å². The standard InChI is InChI=1S/C12H18N4O/c1-17-11-4-5-14-12(15-11)16-9-2-3-10(16)7-8(13)6-9/h4-5,8-10H,2-3,6-7,13H2,1H3. The molecule has 0 radical (unpaired) electrons. The summed E-state index contributed by atoms with van der Waals surface area (Å²) in [7, 11) is 1.63. The molecular weight excluding hydrogens is 216 g/mol. The zero-order valence-corrected chi connectivity index (χ0v) is 10.0. The third-order valence-corrected chi connectivity index (χ3v) is 3.83. The lowest BCUT2D eigenvalue weighted by atomic mass is 9.99. The van der Waals surface area contributed by atoms with Gasteiger partial charge in [0, 0.05) is 30.4 Å². The molecule has 0 spiro atoms. The largest absolute Gasteiger partial charge is 0.481 e. The highest BCUT2D eigenvalue weighted by Crippen LogP contribution is 2.37. The SMILES string of the molecule is COc1ccnc(N2C3CCC2CC(N)C3)n1. The lowest BCUT2D eigenvalue weighted by molar-refractivity contribution is 0.387. The average Bonchev–Trinajstić information content (AvgIpc) is 2.62. The fourth-order valence-corrected chi connectivity index (χ4v) is 3.12. The van der Waals surface area contributed by atoms with E-state index in [0.717, 1.165) is 18.8 Å². The summed E-state index contributed by atoms with van der Waals surface area (Å²) < 4.78 is 5.16. The molecule has 2 aliphatic heterocycles. The van der Waals surface area contributed by atoms with E-state index in [1.165, 1.54) is 12.8 Å². The Morgan fingerprint density at radius 1 is 1.35 bits per heavy atom. The lowest BCUT2D eigenvalue weighted by Gasteiger charge is -2.37. The summed E-state index contributed by atoms with van der Waals surface area (Å²) in [5.41, 5.74) is 6.06. The molecule has 2 unspecified atom stereocenters. The Morgan fingerprint density at radius 2 is 2.06 bits per heavy atom. The van der Waals surface area contributed by atoms with Crippen LogP contribution in [0.1, 0.15) is 25.7 Å². The van der Waals surface area contributed by atoms with Crippen molar-refractivity contribution < 1.29 is 4.74 Å². The number of nitrogens with two attached hydrogens (primary N) is 1. The summed E-state index contributed by atoms with van der Waals surface area (Å²) >= 11 is 0. The molecule has 2 atom stereocenters. The third kappa shape index (κ3) is 1.84. The number of hydrogen-bond acceptors (Lipinski definition) is 5. The van der Waals surface area contributed by atoms with Crippen LogP contribution in [-0.4, -0.2) is 35.2 Å². The topological polar surface area (TPSA) is 64.3 Å². The van der Waals surface area contributed by atoms with Crippen LogP contribution in [0.5, 0.6) is 5.88 Å². The molecule has 1 aromatic rings. The van der Waals surface area contributed by atoms with Crippen LogP contribution in [-0.2, 0) is 0 Å². The van der Waals surface area contributed by atoms with Gasteiger partial charge in [0.2, 0.25) is 11.8 Å². The zero-order valence-electron chi connectivity index (χ0n) is 10.0. The van der Waals surface area contributed by atoms with Crippen molar-refractivity contribution in [2.45, 2.75) is 43.8 Å². The highest BCUT2D eigenvalue weighted by molar-refractivity contribution is 5.38. The summed E-state index contributed by atoms with van der Waals surface area (Å²) in [6.07, 6.45) is 6.28. The van der Waals surface area contributed by atoms with Gasteiger partial charge in [-0.3, -0.25) is 0 Å². The van der Waals surface area contributed by atoms with Gasteiger partial charge in [-0.2, -0.15) is 4.98 Å². The van der Waals surface area contributed by atoms with E-state index in [9.17, 15) is 0 Å². The van der Waals surface area contributed by atoms with Crippen molar-refractivity contribution in [3.05, 3.63) is 12.3 Å². The maximum Gasteiger partial charge on any atom is 0.229 e. The van der Waals surface area contributed by atoms with Gasteiger partial charge in [0.1, 0.15) is 0 Å². The van der Waals surface area contributed by atoms with E-state index < -0.39 is 0 Å². The van der Waals surface area contributed by atoms with Crippen molar-refractivity contribution in [2.75, 3.05) is 12.0 Å². The van der Waals surface area contributed by atoms with Crippen molar-refractivity contribution in [1.82, 2.24) is 9.97 Å². The van der Waals surface area contributed by atoms with Gasteiger partial charge >= 0.3 is 0 Å². The van der Waals surface area contributed by atoms with Crippen molar-refractivity contribution >= 4 is 5.95 Å². The van der Waals surface area contributed by atoms with E-state index in [1.807, 2.05) is 0 Å². The van der Waals surface area contributed by atoms with E-state index in [0.29, 0.717) is 24.0 Å². The second kappa shape index (κ2) is 4.14. The van der Waals surface area contributed by atoms with Crippen molar-refractivity contribution in [3.8, 4) is 5.88 Å². The molecule has 2 aliphatic rings. The number of fused-ring (bicyclic) bond motifs is 2. The molecule has 92 valence electrons. The summed E-state index contributed by atoms with van der Waals surface area (Å²) in [6.45, 7) is 0. The van der Waals surface area contributed by atoms with E-state index in [4.69, 9.17) is 10.5 Å². The minimum absolute atomic E-state index is 0.342. The molecule has 2 fully saturated rings. The van der Waals surface area contributed by atoms with Crippen molar-refractivity contribution in [3.63, 3.8) is 0 Å². The molecule has 0 amide bonds. The summed E-state index contributed by atoms with van der Waals surface area (Å²) in [5, 5.41) is 0. The zero-order chi connectivity index (χ0) is 11.8. The van der Waals surface area contributed by atoms with E-state index in [1.54, 1.807) is 19.4 Å². The molecule has 5 nitrogen and oxygen atoms in total. The Balaban J connectivity index is 1.89. The Hall–Kier alpha value is -1.36. The van der Waals surface area contributed by atoms with Crippen LogP contribution in [0, 0.1) is 0 Å². The number of rotatable bonds is 2. The van der Waals surface area contributed by atoms with E-state index in [-0.39, 0.29) is 0 Å². The molecule has 0 aliphatic carbocycles. The third-order valence-electron chi connectivity index (χ3n) is 3.83. The normalized spacial score (nSPS) is 31.6. The predicted octanol–water partition coefficient (Wildman–Crippen LogP) is 0.944. The van der Waals surface area contributed by atoms with Crippen LogP contribution in [0.15, 0.2) is 12.3 Å². The maximum absolute atomic E-state index is 6.06.